The van der Waals surface area contributed by atoms with Crippen LogP contribution in [0.4, 0.5) is 14.6 Å². The monoisotopic (exact) mass is 526 g/mol. The number of alkyl halides is 2. The number of hydrogen-bond acceptors (Lipinski definition) is 5. The summed E-state index contributed by atoms with van der Waals surface area (Å²) < 4.78 is 27.4. The highest BCUT2D eigenvalue weighted by molar-refractivity contribution is 5.99. The van der Waals surface area contributed by atoms with Gasteiger partial charge < -0.3 is 16.2 Å². The largest absolute Gasteiger partial charge is 0.393 e. The molecule has 2 aromatic rings. The number of nitrogens with zero attached hydrogens (tertiary/aromatic N) is 2. The van der Waals surface area contributed by atoms with E-state index in [4.69, 9.17) is 5.73 Å². The second-order valence-corrected chi connectivity index (χ2v) is 11.6. The molecule has 5 rings (SSSR count). The predicted octanol–water partition coefficient (Wildman–Crippen LogP) is 5.37. The molecule has 1 aromatic carbocycles. The molecule has 0 spiro atoms. The molecule has 0 unspecified atom stereocenters. The Morgan fingerprint density at radius 1 is 1.08 bits per heavy atom. The summed E-state index contributed by atoms with van der Waals surface area (Å²) in [5.74, 6) is -1.62. The summed E-state index contributed by atoms with van der Waals surface area (Å²) in [6, 6.07) is 10.6. The SMILES string of the molecule is CC[C@@H]1CN(C2CCC(F)(F)CC2)C[C@H]1c1ccc(-c2cnc(N)c(C(=O)NC3CCC(O)CC3)c2)cc1. The quantitative estimate of drug-likeness (QED) is 0.471. The third kappa shape index (κ3) is 6.01. The van der Waals surface area contributed by atoms with Crippen LogP contribution in [0.1, 0.15) is 86.6 Å². The molecule has 38 heavy (non-hydrogen) atoms. The van der Waals surface area contributed by atoms with Crippen molar-refractivity contribution in [1.82, 2.24) is 15.2 Å². The van der Waals surface area contributed by atoms with E-state index >= 15 is 0 Å². The summed E-state index contributed by atoms with van der Waals surface area (Å²) in [6.45, 7) is 4.10. The second kappa shape index (κ2) is 11.3. The molecule has 2 saturated carbocycles. The number of aliphatic hydroxyl groups is 1. The summed E-state index contributed by atoms with van der Waals surface area (Å²) in [5.41, 5.74) is 9.50. The van der Waals surface area contributed by atoms with Gasteiger partial charge in [-0.3, -0.25) is 9.69 Å². The summed E-state index contributed by atoms with van der Waals surface area (Å²) in [4.78, 5) is 19.7. The van der Waals surface area contributed by atoms with E-state index in [0.29, 0.717) is 43.1 Å². The van der Waals surface area contributed by atoms with Gasteiger partial charge in [0.05, 0.1) is 11.7 Å². The van der Waals surface area contributed by atoms with Crippen LogP contribution in [0.15, 0.2) is 36.5 Å². The molecular weight excluding hydrogens is 486 g/mol. The highest BCUT2D eigenvalue weighted by Crippen LogP contribution is 2.41. The van der Waals surface area contributed by atoms with Crippen molar-refractivity contribution in [1.29, 1.82) is 0 Å². The molecule has 1 aromatic heterocycles. The number of amides is 1. The van der Waals surface area contributed by atoms with E-state index in [1.165, 1.54) is 5.56 Å². The predicted molar refractivity (Wildman–Crippen MR) is 145 cm³/mol. The van der Waals surface area contributed by atoms with Crippen molar-refractivity contribution in [2.75, 3.05) is 18.8 Å². The maximum atomic E-state index is 13.7. The van der Waals surface area contributed by atoms with Crippen LogP contribution >= 0.6 is 0 Å². The fraction of sp³-hybridized carbons (Fsp3) is 0.600. The number of aliphatic hydroxyl groups excluding tert-OH is 1. The average molecular weight is 527 g/mol. The number of likely N-dealkylation sites (tertiary alicyclic amines) is 1. The number of rotatable bonds is 6. The molecule has 0 bridgehead atoms. The zero-order chi connectivity index (χ0) is 26.9. The average Bonchev–Trinajstić information content (AvgIpc) is 3.35. The lowest BCUT2D eigenvalue weighted by Crippen LogP contribution is -2.39. The normalized spacial score (nSPS) is 28.3. The Bertz CT molecular complexity index is 1110. The number of nitrogens with two attached hydrogens (primary N) is 1. The highest BCUT2D eigenvalue weighted by atomic mass is 19.3. The van der Waals surface area contributed by atoms with Gasteiger partial charge in [0, 0.05) is 55.7 Å². The fourth-order valence-electron chi connectivity index (χ4n) is 6.61. The van der Waals surface area contributed by atoms with Crippen LogP contribution in [-0.4, -0.2) is 58.1 Å². The zero-order valence-electron chi connectivity index (χ0n) is 22.2. The maximum absolute atomic E-state index is 13.7. The van der Waals surface area contributed by atoms with Gasteiger partial charge in [0.1, 0.15) is 5.82 Å². The number of carbonyl (C=O) groups is 1. The van der Waals surface area contributed by atoms with E-state index < -0.39 is 5.92 Å². The summed E-state index contributed by atoms with van der Waals surface area (Å²) >= 11 is 0. The van der Waals surface area contributed by atoms with Gasteiger partial charge in [-0.1, -0.05) is 37.6 Å². The van der Waals surface area contributed by atoms with Gasteiger partial charge in [0.25, 0.3) is 5.91 Å². The molecule has 2 heterocycles. The first-order valence-electron chi connectivity index (χ1n) is 14.2. The Morgan fingerprint density at radius 3 is 2.42 bits per heavy atom. The van der Waals surface area contributed by atoms with Gasteiger partial charge in [-0.05, 0) is 61.6 Å². The number of nitrogen functional groups attached to an aromatic ring is 1. The number of anilines is 1. The molecule has 8 heteroatoms. The van der Waals surface area contributed by atoms with Crippen molar-refractivity contribution in [3.05, 3.63) is 47.7 Å². The topological polar surface area (TPSA) is 91.5 Å². The van der Waals surface area contributed by atoms with Crippen molar-refractivity contribution in [3.63, 3.8) is 0 Å². The van der Waals surface area contributed by atoms with E-state index in [2.05, 4.69) is 46.4 Å². The zero-order valence-corrected chi connectivity index (χ0v) is 22.2. The van der Waals surface area contributed by atoms with Crippen LogP contribution in [0.5, 0.6) is 0 Å². The molecular formula is C30H40F2N4O2. The molecule has 1 amide bonds. The van der Waals surface area contributed by atoms with Crippen molar-refractivity contribution in [2.45, 2.75) is 94.7 Å². The Kier molecular flexibility index (Phi) is 8.00. The minimum Gasteiger partial charge on any atom is -0.393 e. The lowest BCUT2D eigenvalue weighted by Gasteiger charge is -2.34. The van der Waals surface area contributed by atoms with E-state index in [1.807, 2.05) is 0 Å². The summed E-state index contributed by atoms with van der Waals surface area (Å²) in [7, 11) is 0. The number of aromatic nitrogens is 1. The smallest absolute Gasteiger partial charge is 0.255 e. The molecule has 1 saturated heterocycles. The fourth-order valence-corrected chi connectivity index (χ4v) is 6.61. The van der Waals surface area contributed by atoms with E-state index in [1.54, 1.807) is 12.3 Å². The Balaban J connectivity index is 1.26. The van der Waals surface area contributed by atoms with Crippen LogP contribution in [0.25, 0.3) is 11.1 Å². The van der Waals surface area contributed by atoms with Crippen molar-refractivity contribution < 1.29 is 18.7 Å². The maximum Gasteiger partial charge on any atom is 0.255 e. The van der Waals surface area contributed by atoms with Crippen LogP contribution in [0, 0.1) is 5.92 Å². The molecule has 6 nitrogen and oxygen atoms in total. The first-order valence-corrected chi connectivity index (χ1v) is 14.2. The lowest BCUT2D eigenvalue weighted by molar-refractivity contribution is -0.0519. The Hall–Kier alpha value is -2.58. The molecule has 3 aliphatic rings. The summed E-state index contributed by atoms with van der Waals surface area (Å²) in [5, 5.41) is 12.8. The molecule has 0 radical (unpaired) electrons. The van der Waals surface area contributed by atoms with Crippen LogP contribution in [-0.2, 0) is 0 Å². The van der Waals surface area contributed by atoms with E-state index in [-0.39, 0.29) is 42.8 Å². The van der Waals surface area contributed by atoms with Crippen LogP contribution in [0.3, 0.4) is 0 Å². The standard InChI is InChI=1S/C30H40F2N4O2/c1-2-19-17-36(24-11-13-30(31,32)14-12-24)18-27(19)21-5-3-20(4-6-21)22-15-26(28(33)34-16-22)29(38)35-23-7-9-25(37)10-8-23/h3-6,15-16,19,23-25,27,37H,2,7-14,17-18H2,1H3,(H2,33,34)(H,35,38)/t19-,23?,25?,27-/m1/s1. The van der Waals surface area contributed by atoms with E-state index in [0.717, 1.165) is 43.5 Å². The molecule has 2 aliphatic carbocycles. The van der Waals surface area contributed by atoms with Crippen LogP contribution in [0.2, 0.25) is 0 Å². The number of pyridine rings is 1. The highest BCUT2D eigenvalue weighted by Gasteiger charge is 2.41. The molecule has 206 valence electrons. The Labute approximate surface area is 224 Å². The van der Waals surface area contributed by atoms with Gasteiger partial charge >= 0.3 is 0 Å². The minimum absolute atomic E-state index is 0.00371. The third-order valence-electron chi connectivity index (χ3n) is 9.06. The number of carbonyl (C=O) groups excluding carboxylic acids is 1. The summed E-state index contributed by atoms with van der Waals surface area (Å²) in [6.07, 6.45) is 6.55. The second-order valence-electron chi connectivity index (χ2n) is 11.6. The van der Waals surface area contributed by atoms with Crippen LogP contribution < -0.4 is 11.1 Å². The number of halogens is 2. The number of benzene rings is 1. The van der Waals surface area contributed by atoms with Gasteiger partial charge in [-0.15, -0.1) is 0 Å². The first kappa shape index (κ1) is 27.0. The van der Waals surface area contributed by atoms with Gasteiger partial charge in [-0.2, -0.15) is 0 Å². The number of hydrogen-bond donors (Lipinski definition) is 3. The lowest BCUT2D eigenvalue weighted by atomic mass is 9.86. The van der Waals surface area contributed by atoms with Gasteiger partial charge in [-0.25, -0.2) is 13.8 Å². The molecule has 2 atom stereocenters. The number of nitrogens with one attached hydrogen (secondary N) is 1. The van der Waals surface area contributed by atoms with E-state index in [9.17, 15) is 18.7 Å². The van der Waals surface area contributed by atoms with Gasteiger partial charge in [0.15, 0.2) is 0 Å². The van der Waals surface area contributed by atoms with Crippen molar-refractivity contribution >= 4 is 11.7 Å². The molecule has 4 N–H and O–H groups in total. The first-order chi connectivity index (χ1) is 18.2. The van der Waals surface area contributed by atoms with Crippen molar-refractivity contribution in [2.24, 2.45) is 5.92 Å². The molecule has 3 fully saturated rings. The minimum atomic E-state index is -2.49. The van der Waals surface area contributed by atoms with Crippen molar-refractivity contribution in [3.8, 4) is 11.1 Å². The Morgan fingerprint density at radius 2 is 1.76 bits per heavy atom. The molecule has 1 aliphatic heterocycles. The van der Waals surface area contributed by atoms with Gasteiger partial charge in [0.2, 0.25) is 5.92 Å². The third-order valence-corrected chi connectivity index (χ3v) is 9.06.